The van der Waals surface area contributed by atoms with Crippen LogP contribution >= 0.6 is 0 Å². The molecule has 0 bridgehead atoms. The number of hydrogen-bond acceptors (Lipinski definition) is 4. The van der Waals surface area contributed by atoms with E-state index < -0.39 is 6.42 Å². The van der Waals surface area contributed by atoms with Crippen molar-refractivity contribution in [1.82, 2.24) is 0 Å². The normalized spacial score (nSPS) is 14.6. The predicted octanol–water partition coefficient (Wildman–Crippen LogP) is 2.29. The second kappa shape index (κ2) is 9.43. The lowest BCUT2D eigenvalue weighted by molar-refractivity contribution is -0.299. The molecule has 0 unspecified atom stereocenters. The van der Waals surface area contributed by atoms with E-state index in [1.807, 2.05) is 95.9 Å². The molecule has 0 amide bonds. The minimum Gasteiger partial charge on any atom is -0.497 e. The van der Waals surface area contributed by atoms with Crippen LogP contribution in [0, 0.1) is 0 Å². The van der Waals surface area contributed by atoms with Gasteiger partial charge in [0, 0.05) is 18.2 Å². The number of carbonyl (C=O) groups excluding carboxylic acids is 1. The van der Waals surface area contributed by atoms with E-state index in [1.165, 1.54) is 0 Å². The number of ether oxygens (including phenoxy) is 1. The number of carbonyl (C=O) groups is 1. The molecule has 35 heavy (non-hydrogen) atoms. The lowest BCUT2D eigenvalue weighted by atomic mass is 9.36. The molecular weight excluding hydrogens is 433 g/mol. The van der Waals surface area contributed by atoms with Crippen molar-refractivity contribution in [3.8, 4) is 5.75 Å². The molecule has 0 atom stereocenters. The largest absolute Gasteiger partial charge is 0.497 e. The van der Waals surface area contributed by atoms with E-state index in [0.29, 0.717) is 5.71 Å². The second-order valence-corrected chi connectivity index (χ2v) is 8.57. The Morgan fingerprint density at radius 3 is 1.77 bits per heavy atom. The van der Waals surface area contributed by atoms with Crippen molar-refractivity contribution in [1.29, 1.82) is 0 Å². The number of anilines is 1. The van der Waals surface area contributed by atoms with E-state index in [0.717, 1.165) is 33.6 Å². The molecule has 4 aromatic rings. The average Bonchev–Trinajstić information content (AvgIpc) is 2.93. The SMILES string of the molecule is COc1ccc(N2N=C(C(C)=O)C(c3ccccc3)=[NH+][B-]2(c2ccccc2)c2ccccc2)cc1. The lowest BCUT2D eigenvalue weighted by Gasteiger charge is -2.44. The first-order valence-electron chi connectivity index (χ1n) is 11.6. The van der Waals surface area contributed by atoms with Gasteiger partial charge in [-0.15, -0.1) is 10.9 Å². The van der Waals surface area contributed by atoms with Crippen LogP contribution in [-0.2, 0) is 4.79 Å². The van der Waals surface area contributed by atoms with Crippen LogP contribution < -0.4 is 25.5 Å². The van der Waals surface area contributed by atoms with E-state index in [1.54, 1.807) is 14.0 Å². The molecule has 5 nitrogen and oxygen atoms in total. The van der Waals surface area contributed by atoms with Gasteiger partial charge in [-0.3, -0.25) is 4.79 Å². The van der Waals surface area contributed by atoms with Gasteiger partial charge in [-0.05, 0) is 36.4 Å². The van der Waals surface area contributed by atoms with Gasteiger partial charge in [0.25, 0.3) is 0 Å². The Labute approximate surface area is 205 Å². The van der Waals surface area contributed by atoms with Gasteiger partial charge >= 0.3 is 6.42 Å². The lowest BCUT2D eigenvalue weighted by Crippen LogP contribution is -3.06. The molecular formula is C29H26BN3O2. The zero-order valence-corrected chi connectivity index (χ0v) is 19.8. The number of hydrazone groups is 1. The fourth-order valence-corrected chi connectivity index (χ4v) is 4.77. The number of ketones is 1. The Hall–Kier alpha value is -4.45. The number of Topliss-reactive ketones (excluding diaryl/α,β-unsaturated/α-hetero) is 1. The molecule has 1 heterocycles. The molecule has 0 spiro atoms. The van der Waals surface area contributed by atoms with Gasteiger partial charge in [0.2, 0.25) is 0 Å². The molecule has 5 rings (SSSR count). The van der Waals surface area contributed by atoms with Gasteiger partial charge in [0.1, 0.15) is 5.75 Å². The Bertz CT molecular complexity index is 1350. The van der Waals surface area contributed by atoms with Crippen LogP contribution in [0.25, 0.3) is 0 Å². The van der Waals surface area contributed by atoms with Crippen molar-refractivity contribution in [3.63, 3.8) is 0 Å². The summed E-state index contributed by atoms with van der Waals surface area (Å²) in [5.74, 6) is 0.643. The highest BCUT2D eigenvalue weighted by Crippen LogP contribution is 2.24. The van der Waals surface area contributed by atoms with E-state index in [-0.39, 0.29) is 5.78 Å². The summed E-state index contributed by atoms with van der Waals surface area (Å²) < 4.78 is 5.39. The highest BCUT2D eigenvalue weighted by Gasteiger charge is 2.48. The Morgan fingerprint density at radius 2 is 1.29 bits per heavy atom. The Morgan fingerprint density at radius 1 is 0.771 bits per heavy atom. The van der Waals surface area contributed by atoms with Crippen molar-refractivity contribution in [3.05, 3.63) is 121 Å². The molecule has 172 valence electrons. The van der Waals surface area contributed by atoms with Gasteiger partial charge in [-0.2, -0.15) is 5.10 Å². The van der Waals surface area contributed by atoms with E-state index in [4.69, 9.17) is 9.84 Å². The van der Waals surface area contributed by atoms with Crippen molar-refractivity contribution in [2.75, 3.05) is 12.0 Å². The number of hydrogen-bond donors (Lipinski definition) is 1. The monoisotopic (exact) mass is 459 g/mol. The molecule has 0 aliphatic carbocycles. The fraction of sp³-hybridized carbons (Fsp3) is 0.0690. The maximum Gasteiger partial charge on any atom is 0.443 e. The Balaban J connectivity index is 1.86. The summed E-state index contributed by atoms with van der Waals surface area (Å²) in [6.07, 6.45) is -1.85. The van der Waals surface area contributed by atoms with Gasteiger partial charge in [-0.1, -0.05) is 78.9 Å². The van der Waals surface area contributed by atoms with Crippen LogP contribution in [-0.4, -0.2) is 30.7 Å². The molecule has 6 heteroatoms. The first kappa shape index (κ1) is 22.4. The standard InChI is InChI=1S/C29H26BN3O2/c1-22(34)28-29(23-12-6-3-7-13-23)31-30(24-14-8-4-9-15-24,25-16-10-5-11-17-25)33(32-28)26-18-20-27(35-2)21-19-26/h3-21,31H,1-2H3. The molecule has 0 fully saturated rings. The maximum atomic E-state index is 12.9. The summed E-state index contributed by atoms with van der Waals surface area (Å²) in [6, 6.07) is 38.2. The first-order valence-corrected chi connectivity index (χ1v) is 11.6. The minimum absolute atomic E-state index is 0.111. The summed E-state index contributed by atoms with van der Waals surface area (Å²) in [7, 11) is 1.65. The predicted molar refractivity (Wildman–Crippen MR) is 143 cm³/mol. The maximum absolute atomic E-state index is 12.9. The summed E-state index contributed by atoms with van der Waals surface area (Å²) in [6.45, 7) is 1.56. The molecule has 0 saturated heterocycles. The van der Waals surface area contributed by atoms with Crippen LogP contribution in [0.3, 0.4) is 0 Å². The highest BCUT2D eigenvalue weighted by atomic mass is 16.5. The summed E-state index contributed by atoms with van der Waals surface area (Å²) >= 11 is 0. The average molecular weight is 459 g/mol. The van der Waals surface area contributed by atoms with Gasteiger partial charge < -0.3 is 14.6 Å². The first-order chi connectivity index (χ1) is 17.1. The highest BCUT2D eigenvalue weighted by molar-refractivity contribution is 6.99. The van der Waals surface area contributed by atoms with Gasteiger partial charge in [0.05, 0.1) is 7.11 Å². The molecule has 0 radical (unpaired) electrons. The van der Waals surface area contributed by atoms with Crippen LogP contribution in [0.5, 0.6) is 5.75 Å². The summed E-state index contributed by atoms with van der Waals surface area (Å²) in [5.41, 5.74) is 4.96. The van der Waals surface area contributed by atoms with Crippen LogP contribution in [0.1, 0.15) is 12.5 Å². The van der Waals surface area contributed by atoms with Crippen molar-refractivity contribution >= 4 is 40.2 Å². The van der Waals surface area contributed by atoms with E-state index >= 15 is 0 Å². The van der Waals surface area contributed by atoms with Crippen molar-refractivity contribution in [2.45, 2.75) is 6.92 Å². The molecule has 1 aliphatic rings. The Kier molecular flexibility index (Phi) is 6.02. The smallest absolute Gasteiger partial charge is 0.443 e. The molecule has 1 aliphatic heterocycles. The van der Waals surface area contributed by atoms with Crippen molar-refractivity contribution < 1.29 is 14.4 Å². The zero-order valence-electron chi connectivity index (χ0n) is 19.8. The summed E-state index contributed by atoms with van der Waals surface area (Å²) in [5, 5.41) is 5.06. The zero-order chi connectivity index (χ0) is 24.3. The second-order valence-electron chi connectivity index (χ2n) is 8.57. The van der Waals surface area contributed by atoms with Crippen LogP contribution in [0.4, 0.5) is 5.69 Å². The van der Waals surface area contributed by atoms with E-state index in [9.17, 15) is 4.79 Å². The number of nitrogens with one attached hydrogen (secondary N) is 1. The van der Waals surface area contributed by atoms with Gasteiger partial charge in [0.15, 0.2) is 17.2 Å². The number of nitrogens with zero attached hydrogens (tertiary/aromatic N) is 2. The summed E-state index contributed by atoms with van der Waals surface area (Å²) in [4.78, 5) is 18.7. The molecule has 0 aromatic heterocycles. The molecule has 1 N–H and O–H groups in total. The third-order valence-electron chi connectivity index (χ3n) is 6.46. The third-order valence-corrected chi connectivity index (χ3v) is 6.46. The number of rotatable bonds is 6. The minimum atomic E-state index is -1.85. The van der Waals surface area contributed by atoms with Crippen LogP contribution in [0.2, 0.25) is 0 Å². The van der Waals surface area contributed by atoms with Gasteiger partial charge in [-0.25, -0.2) is 0 Å². The fourth-order valence-electron chi connectivity index (χ4n) is 4.77. The topological polar surface area (TPSA) is 55.9 Å². The third kappa shape index (κ3) is 4.04. The number of methoxy groups -OCH3 is 1. The molecule has 0 saturated carbocycles. The number of benzene rings is 4. The quantitative estimate of drug-likeness (QED) is 0.451. The molecule has 4 aromatic carbocycles. The van der Waals surface area contributed by atoms with Crippen molar-refractivity contribution in [2.24, 2.45) is 5.10 Å². The van der Waals surface area contributed by atoms with Crippen LogP contribution in [0.15, 0.2) is 120 Å². The van der Waals surface area contributed by atoms with E-state index in [2.05, 4.69) is 29.2 Å².